The zero-order chi connectivity index (χ0) is 18.4. The van der Waals surface area contributed by atoms with Crippen LogP contribution in [-0.2, 0) is 9.53 Å². The van der Waals surface area contributed by atoms with Gasteiger partial charge in [-0.1, -0.05) is 17.7 Å². The number of hydrogen-bond donors (Lipinski definition) is 1. The molecule has 0 aliphatic carbocycles. The van der Waals surface area contributed by atoms with Crippen molar-refractivity contribution in [1.82, 2.24) is 4.98 Å². The van der Waals surface area contributed by atoms with Crippen LogP contribution in [0.4, 0.5) is 5.82 Å². The van der Waals surface area contributed by atoms with Gasteiger partial charge in [-0.25, -0.2) is 9.78 Å². The summed E-state index contributed by atoms with van der Waals surface area (Å²) in [6.07, 6.45) is 0.357. The quantitative estimate of drug-likeness (QED) is 0.793. The van der Waals surface area contributed by atoms with Crippen molar-refractivity contribution in [2.24, 2.45) is 0 Å². The van der Waals surface area contributed by atoms with E-state index in [1.54, 1.807) is 24.3 Å². The Morgan fingerprint density at radius 2 is 1.92 bits per heavy atom. The van der Waals surface area contributed by atoms with Crippen LogP contribution in [0.2, 0.25) is 5.02 Å². The number of para-hydroxylation sites is 1. The molecule has 1 aromatic heterocycles. The van der Waals surface area contributed by atoms with E-state index in [0.29, 0.717) is 16.6 Å². The zero-order valence-corrected chi connectivity index (χ0v) is 14.7. The molecule has 7 nitrogen and oxygen atoms in total. The van der Waals surface area contributed by atoms with Crippen molar-refractivity contribution in [2.45, 2.75) is 13.0 Å². The van der Waals surface area contributed by atoms with Gasteiger partial charge in [0.2, 0.25) is 0 Å². The summed E-state index contributed by atoms with van der Waals surface area (Å²) in [7, 11) is 2.87. The molecule has 0 radical (unpaired) electrons. The average Bonchev–Trinajstić information content (AvgIpc) is 2.62. The number of rotatable bonds is 6. The van der Waals surface area contributed by atoms with Gasteiger partial charge < -0.3 is 19.5 Å². The number of anilines is 1. The van der Waals surface area contributed by atoms with Crippen LogP contribution >= 0.6 is 11.6 Å². The summed E-state index contributed by atoms with van der Waals surface area (Å²) in [5.41, 5.74) is 0.158. The Morgan fingerprint density at radius 1 is 1.16 bits per heavy atom. The normalized spacial score (nSPS) is 11.4. The van der Waals surface area contributed by atoms with Gasteiger partial charge in [0, 0.05) is 6.20 Å². The third kappa shape index (κ3) is 4.60. The van der Waals surface area contributed by atoms with Crippen LogP contribution in [0.1, 0.15) is 17.3 Å². The molecular formula is C17H17ClN2O5. The molecule has 132 valence electrons. The number of nitrogens with one attached hydrogen (secondary N) is 1. The number of ether oxygens (including phenoxy) is 3. The number of nitrogens with zero attached hydrogens (tertiary/aromatic N) is 1. The van der Waals surface area contributed by atoms with E-state index in [-0.39, 0.29) is 11.3 Å². The van der Waals surface area contributed by atoms with E-state index in [9.17, 15) is 9.59 Å². The Morgan fingerprint density at radius 3 is 2.52 bits per heavy atom. The SMILES string of the molecule is COc1cccc(C(=O)OC(C)C(=O)Nc2ccc(Cl)cn2)c1OC. The van der Waals surface area contributed by atoms with Crippen molar-refractivity contribution >= 4 is 29.3 Å². The van der Waals surface area contributed by atoms with Crippen LogP contribution in [0.3, 0.4) is 0 Å². The first-order chi connectivity index (χ1) is 12.0. The minimum Gasteiger partial charge on any atom is -0.493 e. The second-order valence-electron chi connectivity index (χ2n) is 4.94. The van der Waals surface area contributed by atoms with Gasteiger partial charge in [0.05, 0.1) is 19.2 Å². The van der Waals surface area contributed by atoms with Gasteiger partial charge in [0.25, 0.3) is 5.91 Å². The van der Waals surface area contributed by atoms with Crippen LogP contribution in [0, 0.1) is 0 Å². The molecule has 2 rings (SSSR count). The number of methoxy groups -OCH3 is 2. The molecule has 0 aliphatic heterocycles. The lowest BCUT2D eigenvalue weighted by Gasteiger charge is -2.15. The highest BCUT2D eigenvalue weighted by Gasteiger charge is 2.23. The van der Waals surface area contributed by atoms with Gasteiger partial charge in [-0.15, -0.1) is 0 Å². The molecule has 25 heavy (non-hydrogen) atoms. The van der Waals surface area contributed by atoms with Crippen LogP contribution in [-0.4, -0.2) is 37.2 Å². The van der Waals surface area contributed by atoms with Gasteiger partial charge in [-0.3, -0.25) is 4.79 Å². The number of benzene rings is 1. The highest BCUT2D eigenvalue weighted by molar-refractivity contribution is 6.30. The molecule has 1 unspecified atom stereocenters. The van der Waals surface area contributed by atoms with Gasteiger partial charge >= 0.3 is 5.97 Å². The fourth-order valence-corrected chi connectivity index (χ4v) is 2.11. The Hall–Kier alpha value is -2.80. The van der Waals surface area contributed by atoms with Gasteiger partial charge in [0.1, 0.15) is 11.4 Å². The highest BCUT2D eigenvalue weighted by atomic mass is 35.5. The predicted octanol–water partition coefficient (Wildman–Crippen LogP) is 2.94. The van der Waals surface area contributed by atoms with Crippen molar-refractivity contribution in [3.63, 3.8) is 0 Å². The minimum absolute atomic E-state index is 0.158. The Labute approximate surface area is 149 Å². The van der Waals surface area contributed by atoms with Gasteiger partial charge in [-0.2, -0.15) is 0 Å². The molecule has 0 spiro atoms. The van der Waals surface area contributed by atoms with E-state index in [2.05, 4.69) is 10.3 Å². The number of aromatic nitrogens is 1. The lowest BCUT2D eigenvalue weighted by Crippen LogP contribution is -2.30. The summed E-state index contributed by atoms with van der Waals surface area (Å²) < 4.78 is 15.5. The fourth-order valence-electron chi connectivity index (χ4n) is 2.00. The van der Waals surface area contributed by atoms with E-state index in [0.717, 1.165) is 0 Å². The maximum atomic E-state index is 12.3. The molecule has 2 aromatic rings. The van der Waals surface area contributed by atoms with Crippen LogP contribution in [0.5, 0.6) is 11.5 Å². The number of esters is 1. The molecule has 0 aliphatic rings. The zero-order valence-electron chi connectivity index (χ0n) is 13.9. The number of hydrogen-bond acceptors (Lipinski definition) is 6. The standard InChI is InChI=1S/C17H17ClN2O5/c1-10(16(21)20-14-8-7-11(18)9-19-14)25-17(22)12-5-4-6-13(23-2)15(12)24-3/h4-10H,1-3H3,(H,19,20,21). The second kappa shape index (κ2) is 8.34. The number of amides is 1. The van der Waals surface area contributed by atoms with E-state index in [1.165, 1.54) is 33.4 Å². The first-order valence-corrected chi connectivity index (χ1v) is 7.68. The van der Waals surface area contributed by atoms with Crippen LogP contribution < -0.4 is 14.8 Å². The molecule has 1 atom stereocenters. The summed E-state index contributed by atoms with van der Waals surface area (Å²) in [6, 6.07) is 7.93. The Balaban J connectivity index is 2.07. The molecule has 0 bridgehead atoms. The molecule has 0 saturated heterocycles. The largest absolute Gasteiger partial charge is 0.493 e. The maximum Gasteiger partial charge on any atom is 0.342 e. The summed E-state index contributed by atoms with van der Waals surface area (Å²) >= 11 is 5.73. The van der Waals surface area contributed by atoms with Crippen LogP contribution in [0.25, 0.3) is 0 Å². The maximum absolute atomic E-state index is 12.3. The molecule has 1 heterocycles. The Kier molecular flexibility index (Phi) is 6.19. The molecule has 0 fully saturated rings. The average molecular weight is 365 g/mol. The van der Waals surface area contributed by atoms with Gasteiger partial charge in [-0.05, 0) is 31.2 Å². The van der Waals surface area contributed by atoms with Crippen LogP contribution in [0.15, 0.2) is 36.5 Å². The molecule has 8 heteroatoms. The summed E-state index contributed by atoms with van der Waals surface area (Å²) in [4.78, 5) is 28.4. The number of halogens is 1. The fraction of sp³-hybridized carbons (Fsp3) is 0.235. The van der Waals surface area contributed by atoms with E-state index in [4.69, 9.17) is 25.8 Å². The molecule has 0 saturated carbocycles. The molecule has 1 N–H and O–H groups in total. The highest BCUT2D eigenvalue weighted by Crippen LogP contribution is 2.31. The first kappa shape index (κ1) is 18.5. The van der Waals surface area contributed by atoms with Crippen molar-refractivity contribution in [1.29, 1.82) is 0 Å². The third-order valence-electron chi connectivity index (χ3n) is 3.25. The smallest absolute Gasteiger partial charge is 0.342 e. The summed E-state index contributed by atoms with van der Waals surface area (Å²) in [6.45, 7) is 1.45. The van der Waals surface area contributed by atoms with E-state index in [1.807, 2.05) is 0 Å². The lowest BCUT2D eigenvalue weighted by atomic mass is 10.2. The predicted molar refractivity (Wildman–Crippen MR) is 92.3 cm³/mol. The Bertz CT molecular complexity index is 764. The molecule has 1 aromatic carbocycles. The van der Waals surface area contributed by atoms with Crippen molar-refractivity contribution in [3.05, 3.63) is 47.1 Å². The van der Waals surface area contributed by atoms with E-state index >= 15 is 0 Å². The summed E-state index contributed by atoms with van der Waals surface area (Å²) in [5.74, 6) is -0.301. The van der Waals surface area contributed by atoms with Crippen molar-refractivity contribution in [2.75, 3.05) is 19.5 Å². The van der Waals surface area contributed by atoms with Gasteiger partial charge in [0.15, 0.2) is 17.6 Å². The molecular weight excluding hydrogens is 348 g/mol. The summed E-state index contributed by atoms with van der Waals surface area (Å²) in [5, 5.41) is 2.98. The minimum atomic E-state index is -1.04. The molecule has 1 amide bonds. The van der Waals surface area contributed by atoms with E-state index < -0.39 is 18.0 Å². The second-order valence-corrected chi connectivity index (χ2v) is 5.38. The van der Waals surface area contributed by atoms with Crippen molar-refractivity contribution < 1.29 is 23.8 Å². The third-order valence-corrected chi connectivity index (χ3v) is 3.48. The monoisotopic (exact) mass is 364 g/mol. The first-order valence-electron chi connectivity index (χ1n) is 7.30. The number of pyridine rings is 1. The lowest BCUT2D eigenvalue weighted by molar-refractivity contribution is -0.123. The number of carbonyl (C=O) groups is 2. The topological polar surface area (TPSA) is 86.8 Å². The van der Waals surface area contributed by atoms with Crippen molar-refractivity contribution in [3.8, 4) is 11.5 Å². The number of carbonyl (C=O) groups excluding carboxylic acids is 2.